The lowest BCUT2D eigenvalue weighted by Crippen LogP contribution is -2.39. The van der Waals surface area contributed by atoms with Gasteiger partial charge in [0.25, 0.3) is 0 Å². The first-order valence-electron chi connectivity index (χ1n) is 8.34. The summed E-state index contributed by atoms with van der Waals surface area (Å²) in [6, 6.07) is 14.3. The number of urea groups is 1. The van der Waals surface area contributed by atoms with E-state index in [4.69, 9.17) is 0 Å². The Morgan fingerprint density at radius 1 is 1.00 bits per heavy atom. The number of alkyl halides is 3. The van der Waals surface area contributed by atoms with Gasteiger partial charge in [-0.05, 0) is 31.8 Å². The van der Waals surface area contributed by atoms with Crippen molar-refractivity contribution in [1.29, 1.82) is 0 Å². The van der Waals surface area contributed by atoms with E-state index in [0.717, 1.165) is 11.6 Å². The van der Waals surface area contributed by atoms with Crippen LogP contribution >= 0.6 is 0 Å². The van der Waals surface area contributed by atoms with Crippen molar-refractivity contribution in [1.82, 2.24) is 9.80 Å². The monoisotopic (exact) mass is 381 g/mol. The molecule has 2 rings (SSSR count). The molecule has 0 aliphatic carbocycles. The molecule has 27 heavy (non-hydrogen) atoms. The van der Waals surface area contributed by atoms with Gasteiger partial charge >= 0.3 is 12.4 Å². The lowest BCUT2D eigenvalue weighted by atomic mass is 10.2. The molecule has 0 aliphatic heterocycles. The third kappa shape index (κ3) is 7.18. The van der Waals surface area contributed by atoms with Crippen molar-refractivity contribution < 1.29 is 22.7 Å². The van der Waals surface area contributed by atoms with E-state index in [9.17, 15) is 18.0 Å². The van der Waals surface area contributed by atoms with Crippen LogP contribution in [0.4, 0.5) is 23.7 Å². The second-order valence-corrected chi connectivity index (χ2v) is 6.18. The molecular weight excluding hydrogens is 359 g/mol. The number of nitrogens with zero attached hydrogens (tertiary/aromatic N) is 2. The van der Waals surface area contributed by atoms with Crippen LogP contribution in [-0.4, -0.2) is 49.4 Å². The molecule has 0 fully saturated rings. The zero-order valence-electron chi connectivity index (χ0n) is 15.2. The molecule has 0 atom stereocenters. The molecule has 0 saturated carbocycles. The Balaban J connectivity index is 2.15. The number of ether oxygens (including phenoxy) is 1. The van der Waals surface area contributed by atoms with E-state index in [1.807, 2.05) is 49.3 Å². The second-order valence-electron chi connectivity index (χ2n) is 6.18. The molecule has 0 radical (unpaired) electrons. The first-order valence-corrected chi connectivity index (χ1v) is 8.34. The number of carbonyl (C=O) groups is 1. The van der Waals surface area contributed by atoms with Gasteiger partial charge in [-0.1, -0.05) is 42.5 Å². The number of rotatable bonds is 7. The lowest BCUT2D eigenvalue weighted by molar-refractivity contribution is -0.274. The van der Waals surface area contributed by atoms with Crippen molar-refractivity contribution in [2.45, 2.75) is 12.9 Å². The summed E-state index contributed by atoms with van der Waals surface area (Å²) in [7, 11) is 3.76. The van der Waals surface area contributed by atoms with E-state index in [1.165, 1.54) is 18.2 Å². The molecule has 0 spiro atoms. The molecule has 146 valence electrons. The predicted molar refractivity (Wildman–Crippen MR) is 97.5 cm³/mol. The summed E-state index contributed by atoms with van der Waals surface area (Å²) in [6.07, 6.45) is -4.84. The molecular formula is C19H22F3N3O2. The third-order valence-electron chi connectivity index (χ3n) is 3.67. The van der Waals surface area contributed by atoms with Crippen molar-refractivity contribution in [3.63, 3.8) is 0 Å². The van der Waals surface area contributed by atoms with Gasteiger partial charge < -0.3 is 19.9 Å². The fourth-order valence-corrected chi connectivity index (χ4v) is 2.35. The average Bonchev–Trinajstić information content (AvgIpc) is 2.59. The van der Waals surface area contributed by atoms with E-state index in [2.05, 4.69) is 10.1 Å². The topological polar surface area (TPSA) is 44.8 Å². The Bertz CT molecular complexity index is 736. The van der Waals surface area contributed by atoms with Crippen LogP contribution in [0.2, 0.25) is 0 Å². The minimum absolute atomic E-state index is 0.0391. The normalized spacial score (nSPS) is 11.3. The van der Waals surface area contributed by atoms with Gasteiger partial charge in [-0.2, -0.15) is 0 Å². The van der Waals surface area contributed by atoms with Crippen LogP contribution in [0, 0.1) is 0 Å². The van der Waals surface area contributed by atoms with Crippen molar-refractivity contribution in [3.8, 4) is 5.75 Å². The summed E-state index contributed by atoms with van der Waals surface area (Å²) in [5.74, 6) is -0.453. The Morgan fingerprint density at radius 2 is 1.63 bits per heavy atom. The Hall–Kier alpha value is -2.74. The van der Waals surface area contributed by atoms with Crippen molar-refractivity contribution in [2.24, 2.45) is 0 Å². The van der Waals surface area contributed by atoms with Gasteiger partial charge in [-0.15, -0.1) is 13.2 Å². The van der Waals surface area contributed by atoms with Gasteiger partial charge in [-0.3, -0.25) is 0 Å². The Kier molecular flexibility index (Phi) is 7.06. The standard InChI is InChI=1S/C19H22F3N3O2/c1-24(2)12-13-25(14-15-8-4-3-5-9-15)18(26)23-16-10-6-7-11-17(16)27-19(20,21)22/h3-11H,12-14H2,1-2H3,(H,23,26). The summed E-state index contributed by atoms with van der Waals surface area (Å²) in [5.41, 5.74) is 0.883. The van der Waals surface area contributed by atoms with Crippen molar-refractivity contribution in [2.75, 3.05) is 32.5 Å². The van der Waals surface area contributed by atoms with Gasteiger partial charge in [0.15, 0.2) is 5.75 Å². The second kappa shape index (κ2) is 9.27. The number of nitrogens with one attached hydrogen (secondary N) is 1. The molecule has 0 heterocycles. The predicted octanol–water partition coefficient (Wildman–Crippen LogP) is 4.18. The summed E-state index contributed by atoms with van der Waals surface area (Å²) in [4.78, 5) is 16.2. The van der Waals surface area contributed by atoms with Crippen molar-refractivity contribution >= 4 is 11.7 Å². The number of likely N-dealkylation sites (N-methyl/N-ethyl adjacent to an activating group) is 1. The van der Waals surface area contributed by atoms with Crippen LogP contribution in [0.1, 0.15) is 5.56 Å². The van der Waals surface area contributed by atoms with E-state index in [1.54, 1.807) is 4.90 Å². The zero-order chi connectivity index (χ0) is 19.9. The van der Waals surface area contributed by atoms with E-state index in [0.29, 0.717) is 19.6 Å². The smallest absolute Gasteiger partial charge is 0.404 e. The first kappa shape index (κ1) is 20.6. The number of anilines is 1. The van der Waals surface area contributed by atoms with Crippen molar-refractivity contribution in [3.05, 3.63) is 60.2 Å². The molecule has 2 aromatic carbocycles. The van der Waals surface area contributed by atoms with Crippen LogP contribution in [-0.2, 0) is 6.54 Å². The number of benzene rings is 2. The minimum Gasteiger partial charge on any atom is -0.404 e. The average molecular weight is 381 g/mol. The molecule has 8 heteroatoms. The highest BCUT2D eigenvalue weighted by Gasteiger charge is 2.32. The molecule has 0 bridgehead atoms. The maximum absolute atomic E-state index is 12.7. The number of para-hydroxylation sites is 2. The van der Waals surface area contributed by atoms with E-state index >= 15 is 0 Å². The molecule has 5 nitrogen and oxygen atoms in total. The number of amides is 2. The van der Waals surface area contributed by atoms with Gasteiger partial charge in [0.1, 0.15) is 0 Å². The summed E-state index contributed by atoms with van der Waals surface area (Å²) in [5, 5.41) is 2.52. The van der Waals surface area contributed by atoms with E-state index < -0.39 is 18.1 Å². The highest BCUT2D eigenvalue weighted by atomic mass is 19.4. The lowest BCUT2D eigenvalue weighted by Gasteiger charge is -2.25. The number of halogens is 3. The van der Waals surface area contributed by atoms with Crippen LogP contribution in [0.15, 0.2) is 54.6 Å². The van der Waals surface area contributed by atoms with Gasteiger partial charge in [0.2, 0.25) is 0 Å². The highest BCUT2D eigenvalue weighted by molar-refractivity contribution is 5.91. The molecule has 0 saturated heterocycles. The largest absolute Gasteiger partial charge is 0.573 e. The van der Waals surface area contributed by atoms with Crippen LogP contribution in [0.25, 0.3) is 0 Å². The fraction of sp³-hybridized carbons (Fsp3) is 0.316. The summed E-state index contributed by atoms with van der Waals surface area (Å²) in [6.45, 7) is 1.36. The molecule has 0 unspecified atom stereocenters. The number of hydrogen-bond donors (Lipinski definition) is 1. The van der Waals surface area contributed by atoms with Crippen LogP contribution in [0.3, 0.4) is 0 Å². The molecule has 0 aromatic heterocycles. The Labute approximate surface area is 156 Å². The van der Waals surface area contributed by atoms with Crippen LogP contribution < -0.4 is 10.1 Å². The van der Waals surface area contributed by atoms with Gasteiger partial charge in [0, 0.05) is 19.6 Å². The minimum atomic E-state index is -4.84. The maximum atomic E-state index is 12.7. The maximum Gasteiger partial charge on any atom is 0.573 e. The van der Waals surface area contributed by atoms with Gasteiger partial charge in [0.05, 0.1) is 5.69 Å². The summed E-state index contributed by atoms with van der Waals surface area (Å²) < 4.78 is 41.7. The third-order valence-corrected chi connectivity index (χ3v) is 3.67. The zero-order valence-corrected chi connectivity index (χ0v) is 15.2. The molecule has 2 amide bonds. The van der Waals surface area contributed by atoms with Crippen LogP contribution in [0.5, 0.6) is 5.75 Å². The SMILES string of the molecule is CN(C)CCN(Cc1ccccc1)C(=O)Nc1ccccc1OC(F)(F)F. The molecule has 2 aromatic rings. The molecule has 0 aliphatic rings. The quantitative estimate of drug-likeness (QED) is 0.783. The Morgan fingerprint density at radius 3 is 2.26 bits per heavy atom. The number of carbonyl (C=O) groups excluding carboxylic acids is 1. The summed E-state index contributed by atoms with van der Waals surface area (Å²) >= 11 is 0. The van der Waals surface area contributed by atoms with E-state index in [-0.39, 0.29) is 5.69 Å². The fourth-order valence-electron chi connectivity index (χ4n) is 2.35. The highest BCUT2D eigenvalue weighted by Crippen LogP contribution is 2.30. The first-order chi connectivity index (χ1) is 12.7. The number of hydrogen-bond acceptors (Lipinski definition) is 3. The van der Waals surface area contributed by atoms with Gasteiger partial charge in [-0.25, -0.2) is 4.79 Å². The molecule has 1 N–H and O–H groups in total.